The summed E-state index contributed by atoms with van der Waals surface area (Å²) in [6.45, 7) is 0. The number of hydrogen-bond acceptors (Lipinski definition) is 5. The Hall–Kier alpha value is -1.98. The summed E-state index contributed by atoms with van der Waals surface area (Å²) < 4.78 is 0. The molecule has 0 bridgehead atoms. The van der Waals surface area contributed by atoms with Gasteiger partial charge in [-0.1, -0.05) is 29.8 Å². The minimum absolute atomic E-state index is 0.168. The van der Waals surface area contributed by atoms with E-state index in [9.17, 15) is 4.79 Å². The van der Waals surface area contributed by atoms with Crippen LogP contribution >= 0.6 is 22.9 Å². The molecule has 1 unspecified atom stereocenters. The van der Waals surface area contributed by atoms with Crippen molar-refractivity contribution in [2.24, 2.45) is 4.99 Å². The molecule has 4 rings (SSSR count). The lowest BCUT2D eigenvalue weighted by Gasteiger charge is -2.27. The number of nitrogens with one attached hydrogen (secondary N) is 1. The average molecular weight is 358 g/mol. The van der Waals surface area contributed by atoms with Gasteiger partial charge in [-0.2, -0.15) is 0 Å². The Morgan fingerprint density at radius 1 is 1.21 bits per heavy atom. The molecule has 1 aromatic carbocycles. The van der Waals surface area contributed by atoms with E-state index < -0.39 is 0 Å². The molecule has 2 aromatic rings. The van der Waals surface area contributed by atoms with E-state index in [1.165, 1.54) is 11.3 Å². The zero-order valence-electron chi connectivity index (χ0n) is 13.0. The fourth-order valence-corrected chi connectivity index (χ4v) is 4.04. The summed E-state index contributed by atoms with van der Waals surface area (Å²) in [7, 11) is 0. The molecule has 0 spiro atoms. The first-order valence-electron chi connectivity index (χ1n) is 7.99. The lowest BCUT2D eigenvalue weighted by molar-refractivity contribution is -0.115. The van der Waals surface area contributed by atoms with E-state index in [-0.39, 0.29) is 11.8 Å². The van der Waals surface area contributed by atoms with Gasteiger partial charge in [-0.15, -0.1) is 11.3 Å². The zero-order valence-corrected chi connectivity index (χ0v) is 14.5. The van der Waals surface area contributed by atoms with Crippen LogP contribution in [-0.4, -0.2) is 16.6 Å². The van der Waals surface area contributed by atoms with E-state index >= 15 is 0 Å². The van der Waals surface area contributed by atoms with Crippen LogP contribution in [0.3, 0.4) is 0 Å². The molecular weight excluding hydrogens is 342 g/mol. The maximum atomic E-state index is 12.7. The predicted molar refractivity (Wildman–Crippen MR) is 96.5 cm³/mol. The van der Waals surface area contributed by atoms with Gasteiger partial charge in [0.1, 0.15) is 6.04 Å². The predicted octanol–water partition coefficient (Wildman–Crippen LogP) is 4.28. The van der Waals surface area contributed by atoms with E-state index in [2.05, 4.69) is 10.3 Å². The number of thiazole rings is 1. The molecule has 4 nitrogen and oxygen atoms in total. The molecule has 0 amide bonds. The third-order valence-electron chi connectivity index (χ3n) is 4.34. The lowest BCUT2D eigenvalue weighted by Crippen LogP contribution is -2.32. The van der Waals surface area contributed by atoms with Gasteiger partial charge < -0.3 is 5.32 Å². The van der Waals surface area contributed by atoms with Crippen molar-refractivity contribution in [2.45, 2.75) is 31.7 Å². The van der Waals surface area contributed by atoms with Gasteiger partial charge >= 0.3 is 0 Å². The number of nitrogens with zero attached hydrogens (tertiary/aromatic N) is 2. The van der Waals surface area contributed by atoms with Crippen molar-refractivity contribution >= 4 is 34.6 Å². The van der Waals surface area contributed by atoms with Gasteiger partial charge in [-0.05, 0) is 30.9 Å². The largest absolute Gasteiger partial charge is 0.341 e. The number of Topliss-reactive ketones (excluding diaryl/α,β-unsaturated/α-hetero) is 1. The molecule has 0 radical (unpaired) electrons. The molecule has 0 saturated carbocycles. The number of benzene rings is 1. The minimum atomic E-state index is -0.362. The SMILES string of the molecule is O=C1CCCCC2=C1C(c1ccccc1Cl)N=C(c1nccs1)N2. The normalized spacial score (nSPS) is 21.0. The van der Waals surface area contributed by atoms with E-state index in [1.807, 2.05) is 29.6 Å². The highest BCUT2D eigenvalue weighted by Gasteiger charge is 2.33. The van der Waals surface area contributed by atoms with Crippen molar-refractivity contribution < 1.29 is 4.79 Å². The van der Waals surface area contributed by atoms with Crippen LogP contribution in [0, 0.1) is 0 Å². The van der Waals surface area contributed by atoms with Gasteiger partial charge in [0.2, 0.25) is 0 Å². The van der Waals surface area contributed by atoms with E-state index in [0.717, 1.165) is 46.9 Å². The first kappa shape index (κ1) is 15.5. The third kappa shape index (κ3) is 2.78. The highest BCUT2D eigenvalue weighted by molar-refractivity contribution is 7.11. The fourth-order valence-electron chi connectivity index (χ4n) is 3.21. The van der Waals surface area contributed by atoms with E-state index in [1.54, 1.807) is 6.20 Å². The second-order valence-corrected chi connectivity index (χ2v) is 7.19. The first-order valence-corrected chi connectivity index (χ1v) is 9.25. The average Bonchev–Trinajstić information content (AvgIpc) is 3.06. The monoisotopic (exact) mass is 357 g/mol. The number of hydrogen-bond donors (Lipinski definition) is 1. The molecular formula is C18H16ClN3OS. The highest BCUT2D eigenvalue weighted by Crippen LogP contribution is 2.38. The molecule has 1 aliphatic heterocycles. The topological polar surface area (TPSA) is 54.4 Å². The van der Waals surface area contributed by atoms with Crippen molar-refractivity contribution in [3.05, 3.63) is 62.7 Å². The lowest BCUT2D eigenvalue weighted by atomic mass is 9.92. The molecule has 1 aliphatic carbocycles. The van der Waals surface area contributed by atoms with Gasteiger partial charge in [-0.3, -0.25) is 9.79 Å². The second-order valence-electron chi connectivity index (χ2n) is 5.89. The fraction of sp³-hybridized carbons (Fsp3) is 0.278. The van der Waals surface area contributed by atoms with Crippen LogP contribution in [0.1, 0.15) is 42.3 Å². The van der Waals surface area contributed by atoms with Gasteiger partial charge in [0.05, 0.1) is 0 Å². The van der Waals surface area contributed by atoms with Crippen molar-refractivity contribution in [3.8, 4) is 0 Å². The Bertz CT molecular complexity index is 842. The Labute approximate surface area is 149 Å². The van der Waals surface area contributed by atoms with Crippen LogP contribution in [0.5, 0.6) is 0 Å². The quantitative estimate of drug-likeness (QED) is 0.872. The summed E-state index contributed by atoms with van der Waals surface area (Å²) in [6.07, 6.45) is 5.10. The number of allylic oxidation sites excluding steroid dienone is 1. The molecule has 122 valence electrons. The van der Waals surface area contributed by atoms with Crippen LogP contribution < -0.4 is 5.32 Å². The van der Waals surface area contributed by atoms with Crippen LogP contribution in [0.4, 0.5) is 0 Å². The van der Waals surface area contributed by atoms with Crippen molar-refractivity contribution in [1.29, 1.82) is 0 Å². The molecule has 0 saturated heterocycles. The maximum Gasteiger partial charge on any atom is 0.163 e. The summed E-state index contributed by atoms with van der Waals surface area (Å²) in [6, 6.07) is 7.26. The number of carbonyl (C=O) groups is 1. The number of aliphatic imine (C=N–C) groups is 1. The standard InChI is InChI=1S/C18H16ClN3OS/c19-12-6-2-1-5-11(12)16-15-13(7-3-4-8-14(15)23)21-17(22-16)18-20-9-10-24-18/h1-2,5-6,9-10,16H,3-4,7-8H2,(H,21,22). The smallest absolute Gasteiger partial charge is 0.163 e. The molecule has 0 fully saturated rings. The summed E-state index contributed by atoms with van der Waals surface area (Å²) in [4.78, 5) is 21.9. The highest BCUT2D eigenvalue weighted by atomic mass is 35.5. The number of carbonyl (C=O) groups excluding carboxylic acids is 1. The molecule has 1 aromatic heterocycles. The number of aromatic nitrogens is 1. The summed E-state index contributed by atoms with van der Waals surface area (Å²) in [5, 5.41) is 6.75. The minimum Gasteiger partial charge on any atom is -0.341 e. The maximum absolute atomic E-state index is 12.7. The van der Waals surface area contributed by atoms with Gasteiger partial charge in [-0.25, -0.2) is 4.98 Å². The van der Waals surface area contributed by atoms with Gasteiger partial charge in [0.15, 0.2) is 16.6 Å². The van der Waals surface area contributed by atoms with Crippen molar-refractivity contribution in [1.82, 2.24) is 10.3 Å². The van der Waals surface area contributed by atoms with Gasteiger partial charge in [0.25, 0.3) is 0 Å². The van der Waals surface area contributed by atoms with Crippen molar-refractivity contribution in [3.63, 3.8) is 0 Å². The van der Waals surface area contributed by atoms with Gasteiger partial charge in [0, 0.05) is 34.3 Å². The number of rotatable bonds is 2. The Morgan fingerprint density at radius 3 is 2.83 bits per heavy atom. The Kier molecular flexibility index (Phi) is 4.21. The van der Waals surface area contributed by atoms with Crippen LogP contribution in [-0.2, 0) is 4.79 Å². The molecule has 1 atom stereocenters. The van der Waals surface area contributed by atoms with Crippen LogP contribution in [0.2, 0.25) is 5.02 Å². The summed E-state index contributed by atoms with van der Waals surface area (Å²) >= 11 is 7.94. The molecule has 2 aliphatic rings. The van der Waals surface area contributed by atoms with E-state index in [4.69, 9.17) is 16.6 Å². The Morgan fingerprint density at radius 2 is 2.04 bits per heavy atom. The number of halogens is 1. The molecule has 6 heteroatoms. The summed E-state index contributed by atoms with van der Waals surface area (Å²) in [5.41, 5.74) is 2.61. The van der Waals surface area contributed by atoms with Crippen molar-refractivity contribution in [2.75, 3.05) is 0 Å². The molecule has 24 heavy (non-hydrogen) atoms. The van der Waals surface area contributed by atoms with Crippen LogP contribution in [0.25, 0.3) is 0 Å². The zero-order chi connectivity index (χ0) is 16.5. The molecule has 1 N–H and O–H groups in total. The Balaban J connectivity index is 1.86. The second kappa shape index (κ2) is 6.49. The summed E-state index contributed by atoms with van der Waals surface area (Å²) in [5.74, 6) is 0.894. The number of ketones is 1. The van der Waals surface area contributed by atoms with Crippen LogP contribution in [0.15, 0.2) is 52.1 Å². The van der Waals surface area contributed by atoms with E-state index in [0.29, 0.717) is 11.4 Å². The number of amidine groups is 1. The first-order chi connectivity index (χ1) is 11.7. The molecule has 2 heterocycles. The third-order valence-corrected chi connectivity index (χ3v) is 5.47.